The molecule has 2 rings (SSSR count). The van der Waals surface area contributed by atoms with E-state index in [2.05, 4.69) is 5.32 Å². The summed E-state index contributed by atoms with van der Waals surface area (Å²) in [4.78, 5) is 23.4. The summed E-state index contributed by atoms with van der Waals surface area (Å²) in [5.74, 6) is -0.269. The zero-order valence-corrected chi connectivity index (χ0v) is 12.3. The molecule has 0 spiro atoms. The van der Waals surface area contributed by atoms with Gasteiger partial charge in [-0.2, -0.15) is 0 Å². The Hall–Kier alpha value is -2.41. The Kier molecular flexibility index (Phi) is 4.54. The topological polar surface area (TPSA) is 98.3 Å². The molecule has 0 aliphatic carbocycles. The highest BCUT2D eigenvalue weighted by atomic mass is 32.1. The van der Waals surface area contributed by atoms with Crippen molar-refractivity contribution in [2.45, 2.75) is 19.9 Å². The molecule has 0 atom stereocenters. The van der Waals surface area contributed by atoms with Crippen molar-refractivity contribution in [2.75, 3.05) is 5.73 Å². The maximum Gasteiger partial charge on any atom is 0.269 e. The van der Waals surface area contributed by atoms with Crippen molar-refractivity contribution in [3.8, 4) is 0 Å². The number of carbonyl (C=O) groups excluding carboxylic acids is 1. The van der Waals surface area contributed by atoms with Crippen LogP contribution < -0.4 is 11.1 Å². The Labute approximate surface area is 125 Å². The van der Waals surface area contributed by atoms with E-state index in [1.54, 1.807) is 18.2 Å². The second-order valence-corrected chi connectivity index (χ2v) is 5.62. The normalized spacial score (nSPS) is 10.3. The van der Waals surface area contributed by atoms with Gasteiger partial charge in [0.1, 0.15) is 0 Å². The maximum absolute atomic E-state index is 12.1. The average Bonchev–Trinajstić information content (AvgIpc) is 2.86. The van der Waals surface area contributed by atoms with Crippen molar-refractivity contribution in [3.63, 3.8) is 0 Å². The minimum atomic E-state index is -0.463. The standard InChI is InChI=1S/C14H15N3O3S/c1-2-11-7-12(13(15)21-11)14(18)16-8-9-4-3-5-10(6-9)17(19)20/h3-7H,2,8,15H2,1H3,(H,16,18). The third-order valence-electron chi connectivity index (χ3n) is 2.98. The van der Waals surface area contributed by atoms with Crippen LogP contribution in [-0.2, 0) is 13.0 Å². The number of aryl methyl sites for hydroxylation is 1. The van der Waals surface area contributed by atoms with Crippen molar-refractivity contribution in [3.05, 3.63) is 56.5 Å². The molecule has 0 unspecified atom stereocenters. The largest absolute Gasteiger partial charge is 0.390 e. The van der Waals surface area contributed by atoms with Crippen LogP contribution in [0.15, 0.2) is 30.3 Å². The Morgan fingerprint density at radius 1 is 1.43 bits per heavy atom. The van der Waals surface area contributed by atoms with Gasteiger partial charge in [0.05, 0.1) is 15.5 Å². The lowest BCUT2D eigenvalue weighted by Crippen LogP contribution is -2.23. The van der Waals surface area contributed by atoms with E-state index in [-0.39, 0.29) is 18.1 Å². The maximum atomic E-state index is 12.1. The van der Waals surface area contributed by atoms with Gasteiger partial charge in [0.2, 0.25) is 0 Å². The molecule has 3 N–H and O–H groups in total. The Morgan fingerprint density at radius 3 is 2.81 bits per heavy atom. The van der Waals surface area contributed by atoms with Gasteiger partial charge >= 0.3 is 0 Å². The monoisotopic (exact) mass is 305 g/mol. The highest BCUT2D eigenvalue weighted by molar-refractivity contribution is 7.16. The zero-order valence-electron chi connectivity index (χ0n) is 11.5. The molecule has 6 nitrogen and oxygen atoms in total. The summed E-state index contributed by atoms with van der Waals surface area (Å²) in [5, 5.41) is 13.9. The molecular weight excluding hydrogens is 290 g/mol. The minimum Gasteiger partial charge on any atom is -0.390 e. The van der Waals surface area contributed by atoms with Gasteiger partial charge in [-0.3, -0.25) is 14.9 Å². The number of nitro benzene ring substituents is 1. The third kappa shape index (κ3) is 3.57. The predicted octanol–water partition coefficient (Wildman–Crippen LogP) is 2.73. The molecule has 0 fully saturated rings. The molecule has 7 heteroatoms. The van der Waals surface area contributed by atoms with Crippen LogP contribution in [0.2, 0.25) is 0 Å². The number of benzene rings is 1. The lowest BCUT2D eigenvalue weighted by molar-refractivity contribution is -0.384. The minimum absolute atomic E-state index is 0.00469. The van der Waals surface area contributed by atoms with Crippen molar-refractivity contribution in [1.29, 1.82) is 0 Å². The first-order valence-corrected chi connectivity index (χ1v) is 7.22. The summed E-state index contributed by atoms with van der Waals surface area (Å²) < 4.78 is 0. The number of hydrogen-bond acceptors (Lipinski definition) is 5. The highest BCUT2D eigenvalue weighted by Gasteiger charge is 2.13. The van der Waals surface area contributed by atoms with Crippen molar-refractivity contribution < 1.29 is 9.72 Å². The highest BCUT2D eigenvalue weighted by Crippen LogP contribution is 2.25. The fraction of sp³-hybridized carbons (Fsp3) is 0.214. The molecule has 1 aromatic heterocycles. The lowest BCUT2D eigenvalue weighted by atomic mass is 10.2. The van der Waals surface area contributed by atoms with Crippen LogP contribution in [0.25, 0.3) is 0 Å². The quantitative estimate of drug-likeness (QED) is 0.655. The van der Waals surface area contributed by atoms with Crippen LogP contribution >= 0.6 is 11.3 Å². The predicted molar refractivity (Wildman–Crippen MR) is 82.4 cm³/mol. The van der Waals surface area contributed by atoms with Crippen LogP contribution in [0, 0.1) is 10.1 Å². The molecular formula is C14H15N3O3S. The number of nitrogen functional groups attached to an aromatic ring is 1. The summed E-state index contributed by atoms with van der Waals surface area (Å²) in [7, 11) is 0. The molecule has 2 aromatic rings. The Bertz CT molecular complexity index is 682. The number of non-ortho nitro benzene ring substituents is 1. The molecule has 0 aliphatic heterocycles. The molecule has 0 saturated carbocycles. The van der Waals surface area contributed by atoms with E-state index in [1.165, 1.54) is 23.5 Å². The molecule has 1 aromatic carbocycles. The fourth-order valence-electron chi connectivity index (χ4n) is 1.87. The van der Waals surface area contributed by atoms with Crippen LogP contribution in [-0.4, -0.2) is 10.8 Å². The number of hydrogen-bond donors (Lipinski definition) is 2. The van der Waals surface area contributed by atoms with E-state index in [4.69, 9.17) is 5.73 Å². The molecule has 0 saturated heterocycles. The first kappa shape index (κ1) is 15.0. The lowest BCUT2D eigenvalue weighted by Gasteiger charge is -2.04. The molecule has 21 heavy (non-hydrogen) atoms. The van der Waals surface area contributed by atoms with Gasteiger partial charge in [0.15, 0.2) is 0 Å². The van der Waals surface area contributed by atoms with Crippen molar-refractivity contribution in [2.24, 2.45) is 0 Å². The number of amides is 1. The average molecular weight is 305 g/mol. The van der Waals surface area contributed by atoms with E-state index in [1.807, 2.05) is 6.92 Å². The van der Waals surface area contributed by atoms with Crippen LogP contribution in [0.1, 0.15) is 27.7 Å². The molecule has 0 aliphatic rings. The molecule has 1 amide bonds. The summed E-state index contributed by atoms with van der Waals surface area (Å²) in [5.41, 5.74) is 6.95. The number of anilines is 1. The van der Waals surface area contributed by atoms with Crippen LogP contribution in [0.4, 0.5) is 10.7 Å². The van der Waals surface area contributed by atoms with Gasteiger partial charge in [-0.1, -0.05) is 19.1 Å². The summed E-state index contributed by atoms with van der Waals surface area (Å²) >= 11 is 1.40. The number of thiophene rings is 1. The van der Waals surface area contributed by atoms with Gasteiger partial charge < -0.3 is 11.1 Å². The van der Waals surface area contributed by atoms with Crippen molar-refractivity contribution in [1.82, 2.24) is 5.32 Å². The van der Waals surface area contributed by atoms with Gasteiger partial charge in [-0.15, -0.1) is 11.3 Å². The van der Waals surface area contributed by atoms with Crippen LogP contribution in [0.3, 0.4) is 0 Å². The number of rotatable bonds is 5. The number of carbonyl (C=O) groups is 1. The van der Waals surface area contributed by atoms with Gasteiger partial charge in [-0.05, 0) is 18.1 Å². The molecule has 1 heterocycles. The number of nitrogens with two attached hydrogens (primary N) is 1. The smallest absolute Gasteiger partial charge is 0.269 e. The first-order valence-electron chi connectivity index (χ1n) is 6.41. The fourth-order valence-corrected chi connectivity index (χ4v) is 2.73. The Morgan fingerprint density at radius 2 is 2.19 bits per heavy atom. The molecule has 110 valence electrons. The van der Waals surface area contributed by atoms with E-state index in [0.717, 1.165) is 11.3 Å². The second-order valence-electron chi connectivity index (χ2n) is 4.45. The van der Waals surface area contributed by atoms with Crippen molar-refractivity contribution >= 4 is 27.9 Å². The summed E-state index contributed by atoms with van der Waals surface area (Å²) in [6.45, 7) is 2.22. The summed E-state index contributed by atoms with van der Waals surface area (Å²) in [6, 6.07) is 7.95. The third-order valence-corrected chi connectivity index (χ3v) is 4.09. The zero-order chi connectivity index (χ0) is 15.4. The van der Waals surface area contributed by atoms with E-state index < -0.39 is 4.92 Å². The van der Waals surface area contributed by atoms with E-state index in [0.29, 0.717) is 16.1 Å². The number of nitro groups is 1. The van der Waals surface area contributed by atoms with Gasteiger partial charge in [-0.25, -0.2) is 0 Å². The number of nitrogens with zero attached hydrogens (tertiary/aromatic N) is 1. The number of nitrogens with one attached hydrogen (secondary N) is 1. The molecule has 0 radical (unpaired) electrons. The van der Waals surface area contributed by atoms with E-state index >= 15 is 0 Å². The van der Waals surface area contributed by atoms with Gasteiger partial charge in [0.25, 0.3) is 11.6 Å². The Balaban J connectivity index is 2.05. The first-order chi connectivity index (χ1) is 10.0. The molecule has 0 bridgehead atoms. The SMILES string of the molecule is CCc1cc(C(=O)NCc2cccc([N+](=O)[O-])c2)c(N)s1. The second kappa shape index (κ2) is 6.36. The van der Waals surface area contributed by atoms with Crippen LogP contribution in [0.5, 0.6) is 0 Å². The van der Waals surface area contributed by atoms with E-state index in [9.17, 15) is 14.9 Å². The van der Waals surface area contributed by atoms with Gasteiger partial charge in [0, 0.05) is 23.6 Å². The summed E-state index contributed by atoms with van der Waals surface area (Å²) in [6.07, 6.45) is 0.826.